The van der Waals surface area contributed by atoms with Crippen molar-refractivity contribution in [2.45, 2.75) is 6.92 Å². The highest BCUT2D eigenvalue weighted by Crippen LogP contribution is 2.06. The third-order valence-corrected chi connectivity index (χ3v) is 1.80. The van der Waals surface area contributed by atoms with Crippen molar-refractivity contribution in [3.63, 3.8) is 0 Å². The average Bonchev–Trinajstić information content (AvgIpc) is 2.34. The predicted molar refractivity (Wildman–Crippen MR) is 59.2 cm³/mol. The van der Waals surface area contributed by atoms with Crippen LogP contribution in [0.5, 0.6) is 5.75 Å². The first-order chi connectivity index (χ1) is 7.43. The van der Waals surface area contributed by atoms with Gasteiger partial charge >= 0.3 is 0 Å². The standard InChI is InChI=1S/C8H10O.C4H8O2/c1-2-9-8-6-4-3-5-7-8;1-2-6-4-3-5-1/h3-7H,2H2,1H3;1-4H2. The minimum absolute atomic E-state index is 0.740. The van der Waals surface area contributed by atoms with Gasteiger partial charge in [-0.15, -0.1) is 0 Å². The van der Waals surface area contributed by atoms with E-state index >= 15 is 0 Å². The van der Waals surface area contributed by atoms with Gasteiger partial charge in [0, 0.05) is 0 Å². The Bertz CT molecular complexity index is 220. The quantitative estimate of drug-likeness (QED) is 0.748. The van der Waals surface area contributed by atoms with Crippen molar-refractivity contribution in [2.24, 2.45) is 0 Å². The van der Waals surface area contributed by atoms with Gasteiger partial charge in [-0.2, -0.15) is 0 Å². The third kappa shape index (κ3) is 6.10. The lowest BCUT2D eigenvalue weighted by Crippen LogP contribution is -2.16. The Kier molecular flexibility index (Phi) is 6.62. The van der Waals surface area contributed by atoms with Crippen molar-refractivity contribution in [3.05, 3.63) is 30.3 Å². The highest BCUT2D eigenvalue weighted by molar-refractivity contribution is 5.20. The Morgan fingerprint density at radius 2 is 1.53 bits per heavy atom. The van der Waals surface area contributed by atoms with Gasteiger partial charge in [0.1, 0.15) is 5.75 Å². The van der Waals surface area contributed by atoms with Crippen LogP contribution in [0.4, 0.5) is 0 Å². The molecule has 84 valence electrons. The van der Waals surface area contributed by atoms with Crippen LogP contribution < -0.4 is 4.74 Å². The maximum absolute atomic E-state index is 5.21. The van der Waals surface area contributed by atoms with Crippen LogP contribution in [0.3, 0.4) is 0 Å². The molecule has 1 fully saturated rings. The van der Waals surface area contributed by atoms with Crippen LogP contribution in [-0.4, -0.2) is 33.0 Å². The van der Waals surface area contributed by atoms with Gasteiger partial charge in [0.25, 0.3) is 0 Å². The summed E-state index contributed by atoms with van der Waals surface area (Å²) in [6.07, 6.45) is 0. The van der Waals surface area contributed by atoms with Crippen molar-refractivity contribution in [3.8, 4) is 5.75 Å². The van der Waals surface area contributed by atoms with E-state index in [0.29, 0.717) is 0 Å². The average molecular weight is 210 g/mol. The van der Waals surface area contributed by atoms with Crippen LogP contribution in [0.25, 0.3) is 0 Å². The van der Waals surface area contributed by atoms with E-state index in [1.165, 1.54) is 0 Å². The van der Waals surface area contributed by atoms with Crippen LogP contribution in [0, 0.1) is 0 Å². The van der Waals surface area contributed by atoms with E-state index in [1.54, 1.807) is 0 Å². The monoisotopic (exact) mass is 210 g/mol. The summed E-state index contributed by atoms with van der Waals surface area (Å²) in [6.45, 7) is 5.83. The molecule has 0 aliphatic carbocycles. The van der Waals surface area contributed by atoms with E-state index in [-0.39, 0.29) is 0 Å². The van der Waals surface area contributed by atoms with E-state index in [9.17, 15) is 0 Å². The molecule has 0 amide bonds. The van der Waals surface area contributed by atoms with Crippen LogP contribution in [0.1, 0.15) is 6.92 Å². The van der Waals surface area contributed by atoms with E-state index in [0.717, 1.165) is 38.8 Å². The first kappa shape index (κ1) is 12.0. The molecule has 0 unspecified atom stereocenters. The van der Waals surface area contributed by atoms with Gasteiger partial charge in [0.2, 0.25) is 0 Å². The van der Waals surface area contributed by atoms with E-state index < -0.39 is 0 Å². The van der Waals surface area contributed by atoms with Gasteiger partial charge in [-0.1, -0.05) is 18.2 Å². The van der Waals surface area contributed by atoms with E-state index in [2.05, 4.69) is 0 Å². The minimum atomic E-state index is 0.740. The molecule has 1 aromatic rings. The molecule has 0 radical (unpaired) electrons. The Labute approximate surface area is 91.0 Å². The van der Waals surface area contributed by atoms with E-state index in [4.69, 9.17) is 14.2 Å². The smallest absolute Gasteiger partial charge is 0.119 e. The molecule has 3 nitrogen and oxygen atoms in total. The molecule has 0 N–H and O–H groups in total. The van der Waals surface area contributed by atoms with Crippen molar-refractivity contribution in [2.75, 3.05) is 33.0 Å². The summed E-state index contributed by atoms with van der Waals surface area (Å²) in [4.78, 5) is 0. The lowest BCUT2D eigenvalue weighted by Gasteiger charge is -2.09. The highest BCUT2D eigenvalue weighted by atomic mass is 16.6. The molecule has 3 heteroatoms. The summed E-state index contributed by atoms with van der Waals surface area (Å²) in [5, 5.41) is 0. The molecule has 0 bridgehead atoms. The summed E-state index contributed by atoms with van der Waals surface area (Å²) in [7, 11) is 0. The second-order valence-electron chi connectivity index (χ2n) is 2.97. The van der Waals surface area contributed by atoms with Crippen molar-refractivity contribution >= 4 is 0 Å². The SMILES string of the molecule is C1COCCO1.CCOc1ccccc1. The van der Waals surface area contributed by atoms with Crippen LogP contribution in [0.15, 0.2) is 30.3 Å². The van der Waals surface area contributed by atoms with Gasteiger partial charge < -0.3 is 14.2 Å². The Balaban J connectivity index is 0.000000162. The van der Waals surface area contributed by atoms with Gasteiger partial charge in [-0.3, -0.25) is 0 Å². The van der Waals surface area contributed by atoms with Crippen molar-refractivity contribution in [1.82, 2.24) is 0 Å². The zero-order valence-corrected chi connectivity index (χ0v) is 9.15. The normalized spacial score (nSPS) is 15.0. The summed E-state index contributed by atoms with van der Waals surface area (Å²) in [5.41, 5.74) is 0. The molecule has 0 spiro atoms. The summed E-state index contributed by atoms with van der Waals surface area (Å²) in [6, 6.07) is 9.80. The fraction of sp³-hybridized carbons (Fsp3) is 0.500. The molecule has 0 saturated carbocycles. The molecule has 1 aliphatic heterocycles. The highest BCUT2D eigenvalue weighted by Gasteiger charge is 1.94. The summed E-state index contributed by atoms with van der Waals surface area (Å²) in [5.74, 6) is 0.944. The lowest BCUT2D eigenvalue weighted by molar-refractivity contribution is -0.0334. The molecule has 1 aliphatic rings. The Morgan fingerprint density at radius 1 is 1.00 bits per heavy atom. The third-order valence-electron chi connectivity index (χ3n) is 1.80. The first-order valence-corrected chi connectivity index (χ1v) is 5.27. The fourth-order valence-electron chi connectivity index (χ4n) is 1.12. The lowest BCUT2D eigenvalue weighted by atomic mass is 10.3. The topological polar surface area (TPSA) is 27.7 Å². The van der Waals surface area contributed by atoms with Gasteiger partial charge in [-0.25, -0.2) is 0 Å². The first-order valence-electron chi connectivity index (χ1n) is 5.27. The van der Waals surface area contributed by atoms with Gasteiger partial charge in [0.05, 0.1) is 33.0 Å². The van der Waals surface area contributed by atoms with Crippen molar-refractivity contribution in [1.29, 1.82) is 0 Å². The zero-order valence-electron chi connectivity index (χ0n) is 9.15. The van der Waals surface area contributed by atoms with Gasteiger partial charge in [-0.05, 0) is 19.1 Å². The second-order valence-corrected chi connectivity index (χ2v) is 2.97. The number of hydrogen-bond donors (Lipinski definition) is 0. The van der Waals surface area contributed by atoms with Crippen LogP contribution >= 0.6 is 0 Å². The molecule has 2 rings (SSSR count). The minimum Gasteiger partial charge on any atom is -0.494 e. The van der Waals surface area contributed by atoms with Crippen LogP contribution in [0.2, 0.25) is 0 Å². The van der Waals surface area contributed by atoms with Crippen LogP contribution in [-0.2, 0) is 9.47 Å². The number of ether oxygens (including phenoxy) is 3. The number of hydrogen-bond acceptors (Lipinski definition) is 3. The molecule has 0 atom stereocenters. The molecule has 1 heterocycles. The predicted octanol–water partition coefficient (Wildman–Crippen LogP) is 2.12. The maximum atomic E-state index is 5.21. The zero-order chi connectivity index (χ0) is 10.8. The molecule has 15 heavy (non-hydrogen) atoms. The van der Waals surface area contributed by atoms with Crippen molar-refractivity contribution < 1.29 is 14.2 Å². The van der Waals surface area contributed by atoms with E-state index in [1.807, 2.05) is 37.3 Å². The molecule has 1 aromatic carbocycles. The summed E-state index contributed by atoms with van der Waals surface area (Å²) >= 11 is 0. The van der Waals surface area contributed by atoms with Gasteiger partial charge in [0.15, 0.2) is 0 Å². The molecular weight excluding hydrogens is 192 g/mol. The Hall–Kier alpha value is -1.06. The molecule has 1 saturated heterocycles. The second kappa shape index (κ2) is 8.26. The molecular formula is C12H18O3. The summed E-state index contributed by atoms with van der Waals surface area (Å²) < 4.78 is 15.1. The largest absolute Gasteiger partial charge is 0.494 e. The fourth-order valence-corrected chi connectivity index (χ4v) is 1.12. The Morgan fingerprint density at radius 3 is 1.93 bits per heavy atom. The molecule has 0 aromatic heterocycles. The number of benzene rings is 1. The maximum Gasteiger partial charge on any atom is 0.119 e. The number of rotatable bonds is 2. The number of para-hydroxylation sites is 1.